The molecule has 0 bridgehead atoms. The summed E-state index contributed by atoms with van der Waals surface area (Å²) in [5.74, 6) is 0.659. The molecule has 0 aromatic heterocycles. The van der Waals surface area contributed by atoms with E-state index in [0.717, 1.165) is 13.1 Å². The Bertz CT molecular complexity index is 739. The molecule has 1 amide bonds. The number of nitrogens with one attached hydrogen (secondary N) is 1. The Morgan fingerprint density at radius 3 is 2.56 bits per heavy atom. The molecule has 1 aliphatic rings. The number of nitrogens with zero attached hydrogens (tertiary/aromatic N) is 1. The van der Waals surface area contributed by atoms with Crippen LogP contribution in [0.1, 0.15) is 11.5 Å². The predicted molar refractivity (Wildman–Crippen MR) is 103 cm³/mol. The molecule has 1 fully saturated rings. The Morgan fingerprint density at radius 1 is 1.12 bits per heavy atom. The summed E-state index contributed by atoms with van der Waals surface area (Å²) in [7, 11) is 0. The van der Waals surface area contributed by atoms with E-state index in [-0.39, 0.29) is 5.91 Å². The van der Waals surface area contributed by atoms with E-state index in [0.29, 0.717) is 40.7 Å². The maximum atomic E-state index is 12.3. The van der Waals surface area contributed by atoms with E-state index in [9.17, 15) is 4.79 Å². The van der Waals surface area contributed by atoms with Crippen molar-refractivity contribution in [1.29, 1.82) is 0 Å². The highest BCUT2D eigenvalue weighted by atomic mass is 35.5. The van der Waals surface area contributed by atoms with Gasteiger partial charge in [-0.05, 0) is 36.2 Å². The number of likely N-dealkylation sites (tertiary alicyclic amines) is 1. The van der Waals surface area contributed by atoms with Crippen LogP contribution in [0, 0.1) is 5.92 Å². The molecule has 0 radical (unpaired) electrons. The first-order valence-corrected chi connectivity index (χ1v) is 9.04. The first-order valence-electron chi connectivity index (χ1n) is 8.29. The third kappa shape index (κ3) is 4.53. The van der Waals surface area contributed by atoms with Gasteiger partial charge in [0.2, 0.25) is 5.91 Å². The summed E-state index contributed by atoms with van der Waals surface area (Å²) in [4.78, 5) is 14.5. The number of hydrogen-bond donors (Lipinski definition) is 2. The van der Waals surface area contributed by atoms with Crippen LogP contribution in [0.25, 0.3) is 0 Å². The lowest BCUT2D eigenvalue weighted by Gasteiger charge is -2.16. The van der Waals surface area contributed by atoms with Crippen molar-refractivity contribution in [2.45, 2.75) is 5.92 Å². The molecule has 3 N–H and O–H groups in total. The summed E-state index contributed by atoms with van der Waals surface area (Å²) < 4.78 is 0. The van der Waals surface area contributed by atoms with Gasteiger partial charge in [0.05, 0.1) is 16.6 Å². The zero-order chi connectivity index (χ0) is 17.8. The monoisotopic (exact) mass is 377 g/mol. The van der Waals surface area contributed by atoms with E-state index >= 15 is 0 Å². The van der Waals surface area contributed by atoms with Crippen LogP contribution >= 0.6 is 23.2 Å². The first kappa shape index (κ1) is 18.2. The van der Waals surface area contributed by atoms with E-state index in [1.807, 2.05) is 18.2 Å². The fourth-order valence-corrected chi connectivity index (χ4v) is 3.68. The molecule has 6 heteroatoms. The van der Waals surface area contributed by atoms with Crippen LogP contribution < -0.4 is 11.1 Å². The van der Waals surface area contributed by atoms with Crippen molar-refractivity contribution in [3.8, 4) is 0 Å². The average Bonchev–Trinajstić information content (AvgIpc) is 3.01. The lowest BCUT2D eigenvalue weighted by molar-refractivity contribution is -0.117. The number of anilines is 1. The van der Waals surface area contributed by atoms with Gasteiger partial charge in [-0.3, -0.25) is 9.69 Å². The zero-order valence-corrected chi connectivity index (χ0v) is 15.3. The maximum Gasteiger partial charge on any atom is 0.238 e. The highest BCUT2D eigenvalue weighted by Crippen LogP contribution is 2.32. The minimum atomic E-state index is -0.0668. The Kier molecular flexibility index (Phi) is 5.97. The molecule has 2 aromatic rings. The Balaban J connectivity index is 1.61. The van der Waals surface area contributed by atoms with Crippen molar-refractivity contribution < 1.29 is 4.79 Å². The van der Waals surface area contributed by atoms with Gasteiger partial charge in [-0.25, -0.2) is 0 Å². The van der Waals surface area contributed by atoms with Crippen LogP contribution in [-0.2, 0) is 4.79 Å². The summed E-state index contributed by atoms with van der Waals surface area (Å²) in [6.45, 7) is 2.61. The van der Waals surface area contributed by atoms with Crippen LogP contribution in [0.2, 0.25) is 10.0 Å². The summed E-state index contributed by atoms with van der Waals surface area (Å²) in [6.07, 6.45) is 0. The number of benzene rings is 2. The molecule has 2 atom stereocenters. The highest BCUT2D eigenvalue weighted by Gasteiger charge is 2.33. The Morgan fingerprint density at radius 2 is 1.88 bits per heavy atom. The molecular weight excluding hydrogens is 357 g/mol. The second kappa shape index (κ2) is 8.19. The Labute approximate surface area is 157 Å². The van der Waals surface area contributed by atoms with Crippen molar-refractivity contribution in [2.75, 3.05) is 31.5 Å². The van der Waals surface area contributed by atoms with Gasteiger partial charge in [0.1, 0.15) is 0 Å². The minimum absolute atomic E-state index is 0.0668. The standard InChI is InChI=1S/C19H21Cl2N3O/c20-17-7-6-15(8-18(17)21)23-19(25)12-24-10-14(9-22)16(11-24)13-4-2-1-3-5-13/h1-8,14,16H,9-12,22H2,(H,23,25)/t14-,16+/m1/s1. The number of amides is 1. The van der Waals surface area contributed by atoms with E-state index in [1.54, 1.807) is 18.2 Å². The number of hydrogen-bond acceptors (Lipinski definition) is 3. The largest absolute Gasteiger partial charge is 0.330 e. The summed E-state index contributed by atoms with van der Waals surface area (Å²) >= 11 is 11.9. The normalized spacial score (nSPS) is 20.6. The molecule has 1 aliphatic heterocycles. The second-order valence-electron chi connectivity index (χ2n) is 6.38. The lowest BCUT2D eigenvalue weighted by Crippen LogP contribution is -2.32. The molecule has 2 aromatic carbocycles. The van der Waals surface area contributed by atoms with Crippen molar-refractivity contribution in [3.05, 3.63) is 64.1 Å². The zero-order valence-electron chi connectivity index (χ0n) is 13.8. The lowest BCUT2D eigenvalue weighted by atomic mass is 9.89. The SMILES string of the molecule is NC[C@@H]1CN(CC(=O)Nc2ccc(Cl)c(Cl)c2)C[C@H]1c1ccccc1. The third-order valence-electron chi connectivity index (χ3n) is 4.62. The number of rotatable bonds is 5. The van der Waals surface area contributed by atoms with Gasteiger partial charge in [-0.15, -0.1) is 0 Å². The van der Waals surface area contributed by atoms with E-state index < -0.39 is 0 Å². The predicted octanol–water partition coefficient (Wildman–Crippen LogP) is 3.61. The molecule has 0 unspecified atom stereocenters. The van der Waals surface area contributed by atoms with Gasteiger partial charge >= 0.3 is 0 Å². The van der Waals surface area contributed by atoms with Crippen molar-refractivity contribution in [1.82, 2.24) is 4.90 Å². The smallest absolute Gasteiger partial charge is 0.238 e. The fourth-order valence-electron chi connectivity index (χ4n) is 3.38. The molecule has 3 rings (SSSR count). The van der Waals surface area contributed by atoms with Crippen LogP contribution in [0.4, 0.5) is 5.69 Å². The van der Waals surface area contributed by atoms with Gasteiger partial charge in [-0.1, -0.05) is 53.5 Å². The second-order valence-corrected chi connectivity index (χ2v) is 7.20. The maximum absolute atomic E-state index is 12.3. The molecule has 0 aliphatic carbocycles. The number of carbonyl (C=O) groups excluding carboxylic acids is 1. The quantitative estimate of drug-likeness (QED) is 0.836. The number of nitrogens with two attached hydrogens (primary N) is 1. The van der Waals surface area contributed by atoms with Gasteiger partial charge in [-0.2, -0.15) is 0 Å². The third-order valence-corrected chi connectivity index (χ3v) is 5.36. The fraction of sp³-hybridized carbons (Fsp3) is 0.316. The van der Waals surface area contributed by atoms with Gasteiger partial charge in [0.15, 0.2) is 0 Å². The molecule has 0 spiro atoms. The Hall–Kier alpha value is -1.59. The van der Waals surface area contributed by atoms with E-state index in [2.05, 4.69) is 22.3 Å². The van der Waals surface area contributed by atoms with Gasteiger partial charge in [0.25, 0.3) is 0 Å². The van der Waals surface area contributed by atoms with E-state index in [4.69, 9.17) is 28.9 Å². The first-order chi connectivity index (χ1) is 12.1. The molecule has 1 heterocycles. The molecule has 0 saturated carbocycles. The topological polar surface area (TPSA) is 58.4 Å². The average molecular weight is 378 g/mol. The number of halogens is 2. The van der Waals surface area contributed by atoms with Crippen LogP contribution in [0.3, 0.4) is 0 Å². The molecule has 4 nitrogen and oxygen atoms in total. The summed E-state index contributed by atoms with van der Waals surface area (Å²) in [5.41, 5.74) is 7.88. The van der Waals surface area contributed by atoms with Crippen LogP contribution in [-0.4, -0.2) is 37.0 Å². The highest BCUT2D eigenvalue weighted by molar-refractivity contribution is 6.42. The van der Waals surface area contributed by atoms with E-state index in [1.165, 1.54) is 5.56 Å². The van der Waals surface area contributed by atoms with Crippen molar-refractivity contribution >= 4 is 34.8 Å². The van der Waals surface area contributed by atoms with Crippen LogP contribution in [0.5, 0.6) is 0 Å². The summed E-state index contributed by atoms with van der Waals surface area (Å²) in [6, 6.07) is 15.4. The molecule has 132 valence electrons. The van der Waals surface area contributed by atoms with Crippen molar-refractivity contribution in [3.63, 3.8) is 0 Å². The summed E-state index contributed by atoms with van der Waals surface area (Å²) in [5, 5.41) is 3.76. The molecule has 25 heavy (non-hydrogen) atoms. The van der Waals surface area contributed by atoms with Gasteiger partial charge < -0.3 is 11.1 Å². The van der Waals surface area contributed by atoms with Crippen molar-refractivity contribution in [2.24, 2.45) is 11.7 Å². The minimum Gasteiger partial charge on any atom is -0.330 e. The molecule has 1 saturated heterocycles. The number of carbonyl (C=O) groups is 1. The van der Waals surface area contributed by atoms with Gasteiger partial charge in [0, 0.05) is 24.7 Å². The molecular formula is C19H21Cl2N3O. The van der Waals surface area contributed by atoms with Crippen LogP contribution in [0.15, 0.2) is 48.5 Å².